The van der Waals surface area contributed by atoms with E-state index < -0.39 is 0 Å². The van der Waals surface area contributed by atoms with Crippen LogP contribution in [0.2, 0.25) is 0 Å². The Morgan fingerprint density at radius 3 is 2.03 bits per heavy atom. The van der Waals surface area contributed by atoms with Gasteiger partial charge in [-0.3, -0.25) is 9.59 Å². The first kappa shape index (κ1) is 20.5. The molecule has 0 atom stereocenters. The van der Waals surface area contributed by atoms with Gasteiger partial charge in [-0.25, -0.2) is 4.98 Å². The molecule has 5 heteroatoms. The quantitative estimate of drug-likeness (QED) is 0.465. The summed E-state index contributed by atoms with van der Waals surface area (Å²) in [5, 5.41) is 0.583. The van der Waals surface area contributed by atoms with Gasteiger partial charge in [0.05, 0.1) is 10.9 Å². The number of hydrogen-bond acceptors (Lipinski definition) is 3. The van der Waals surface area contributed by atoms with Crippen LogP contribution >= 0.6 is 0 Å². The van der Waals surface area contributed by atoms with Crippen LogP contribution in [0, 0.1) is 0 Å². The van der Waals surface area contributed by atoms with E-state index in [4.69, 9.17) is 0 Å². The molecule has 0 aliphatic carbocycles. The van der Waals surface area contributed by atoms with Gasteiger partial charge in [0.25, 0.3) is 5.56 Å². The fraction of sp³-hybridized carbons (Fsp3) is 0.192. The van der Waals surface area contributed by atoms with Crippen molar-refractivity contribution in [1.29, 1.82) is 0 Å². The van der Waals surface area contributed by atoms with Crippen molar-refractivity contribution in [1.82, 2.24) is 14.9 Å². The zero-order chi connectivity index (χ0) is 21.5. The Balaban J connectivity index is 1.42. The number of nitrogens with zero attached hydrogens (tertiary/aromatic N) is 2. The number of benzene rings is 3. The molecule has 0 spiro atoms. The van der Waals surface area contributed by atoms with Crippen molar-refractivity contribution in [2.24, 2.45) is 0 Å². The molecule has 0 saturated heterocycles. The molecule has 0 bridgehead atoms. The molecule has 1 amide bonds. The van der Waals surface area contributed by atoms with Crippen molar-refractivity contribution < 1.29 is 4.79 Å². The van der Waals surface area contributed by atoms with Crippen molar-refractivity contribution in [3.8, 4) is 0 Å². The summed E-state index contributed by atoms with van der Waals surface area (Å²) in [6, 6.07) is 27.3. The Kier molecular flexibility index (Phi) is 6.53. The fourth-order valence-corrected chi connectivity index (χ4v) is 3.66. The number of para-hydroxylation sites is 1. The van der Waals surface area contributed by atoms with Gasteiger partial charge in [-0.15, -0.1) is 0 Å². The lowest BCUT2D eigenvalue weighted by Gasteiger charge is -2.23. The maximum Gasteiger partial charge on any atom is 0.258 e. The van der Waals surface area contributed by atoms with Crippen molar-refractivity contribution in [2.45, 2.75) is 32.4 Å². The molecule has 0 radical (unpaired) electrons. The number of carbonyl (C=O) groups excluding carboxylic acids is 1. The molecule has 1 heterocycles. The zero-order valence-electron chi connectivity index (χ0n) is 17.3. The van der Waals surface area contributed by atoms with E-state index in [2.05, 4.69) is 9.97 Å². The van der Waals surface area contributed by atoms with Gasteiger partial charge in [-0.2, -0.15) is 0 Å². The third-order valence-corrected chi connectivity index (χ3v) is 5.25. The minimum Gasteiger partial charge on any atom is -0.334 e. The molecule has 156 valence electrons. The normalized spacial score (nSPS) is 10.8. The predicted molar refractivity (Wildman–Crippen MR) is 122 cm³/mol. The minimum absolute atomic E-state index is 0.0934. The number of hydrogen-bond donors (Lipinski definition) is 1. The molecule has 0 aliphatic heterocycles. The number of fused-ring (bicyclic) bond motifs is 1. The van der Waals surface area contributed by atoms with Crippen LogP contribution in [-0.4, -0.2) is 20.8 Å². The maximum atomic E-state index is 13.1. The molecule has 0 aliphatic rings. The van der Waals surface area contributed by atoms with E-state index in [9.17, 15) is 9.59 Å². The monoisotopic (exact) mass is 411 g/mol. The highest BCUT2D eigenvalue weighted by Gasteiger charge is 2.15. The van der Waals surface area contributed by atoms with Crippen LogP contribution in [-0.2, 0) is 24.3 Å². The molecule has 1 N–H and O–H groups in total. The van der Waals surface area contributed by atoms with E-state index >= 15 is 0 Å². The molecule has 1 aromatic heterocycles. The zero-order valence-corrected chi connectivity index (χ0v) is 17.3. The molecule has 0 unspecified atom stereocenters. The number of H-pyrrole nitrogens is 1. The minimum atomic E-state index is -0.137. The van der Waals surface area contributed by atoms with E-state index in [0.717, 1.165) is 11.1 Å². The topological polar surface area (TPSA) is 66.1 Å². The van der Waals surface area contributed by atoms with E-state index in [0.29, 0.717) is 49.1 Å². The van der Waals surface area contributed by atoms with Gasteiger partial charge in [-0.05, 0) is 29.7 Å². The highest BCUT2D eigenvalue weighted by atomic mass is 16.2. The fourth-order valence-electron chi connectivity index (χ4n) is 3.66. The van der Waals surface area contributed by atoms with E-state index in [-0.39, 0.29) is 11.5 Å². The average Bonchev–Trinajstić information content (AvgIpc) is 2.80. The third-order valence-electron chi connectivity index (χ3n) is 5.25. The van der Waals surface area contributed by atoms with Crippen LogP contribution in [0.1, 0.15) is 29.8 Å². The van der Waals surface area contributed by atoms with Crippen molar-refractivity contribution in [3.05, 3.63) is 112 Å². The lowest BCUT2D eigenvalue weighted by molar-refractivity contribution is -0.132. The lowest BCUT2D eigenvalue weighted by atomic mass is 10.1. The summed E-state index contributed by atoms with van der Waals surface area (Å²) in [6.07, 6.45) is 1.58. The van der Waals surface area contributed by atoms with Crippen LogP contribution in [0.3, 0.4) is 0 Å². The highest BCUT2D eigenvalue weighted by molar-refractivity contribution is 5.77. The van der Waals surface area contributed by atoms with Crippen LogP contribution in [0.4, 0.5) is 0 Å². The summed E-state index contributed by atoms with van der Waals surface area (Å²) in [5.74, 6) is 0.713. The van der Waals surface area contributed by atoms with Crippen LogP contribution in [0.5, 0.6) is 0 Å². The smallest absolute Gasteiger partial charge is 0.258 e. The molecule has 31 heavy (non-hydrogen) atoms. The van der Waals surface area contributed by atoms with Gasteiger partial charge in [-0.1, -0.05) is 72.8 Å². The van der Waals surface area contributed by atoms with E-state index in [1.807, 2.05) is 83.8 Å². The first-order valence-electron chi connectivity index (χ1n) is 10.5. The molecule has 0 fully saturated rings. The predicted octanol–water partition coefficient (Wildman–Crippen LogP) is 4.47. The molecular weight excluding hydrogens is 386 g/mol. The number of aromatic amines is 1. The highest BCUT2D eigenvalue weighted by Crippen LogP contribution is 2.13. The molecule has 0 saturated carbocycles. The summed E-state index contributed by atoms with van der Waals surface area (Å²) in [4.78, 5) is 34.6. The SMILES string of the molecule is O=C(CCCc1nc2ccccc2c(=O)[nH]1)N(Cc1ccccc1)Cc1ccccc1. The van der Waals surface area contributed by atoms with Crippen LogP contribution in [0.15, 0.2) is 89.7 Å². The van der Waals surface area contributed by atoms with Crippen LogP contribution < -0.4 is 5.56 Å². The molecule has 4 aromatic rings. The molecule has 3 aromatic carbocycles. The summed E-state index contributed by atoms with van der Waals surface area (Å²) < 4.78 is 0. The van der Waals surface area contributed by atoms with Gasteiger partial charge < -0.3 is 9.88 Å². The van der Waals surface area contributed by atoms with Gasteiger partial charge in [0, 0.05) is 25.9 Å². The maximum absolute atomic E-state index is 13.1. The average molecular weight is 412 g/mol. The second-order valence-electron chi connectivity index (χ2n) is 7.60. The number of amides is 1. The van der Waals surface area contributed by atoms with Crippen LogP contribution in [0.25, 0.3) is 10.9 Å². The Morgan fingerprint density at radius 2 is 1.39 bits per heavy atom. The molecule has 4 rings (SSSR count). The summed E-state index contributed by atoms with van der Waals surface area (Å²) >= 11 is 0. The second-order valence-corrected chi connectivity index (χ2v) is 7.60. The number of aryl methyl sites for hydroxylation is 1. The Labute approximate surface area is 181 Å². The van der Waals surface area contributed by atoms with Gasteiger partial charge >= 0.3 is 0 Å². The van der Waals surface area contributed by atoms with E-state index in [1.165, 1.54) is 0 Å². The van der Waals surface area contributed by atoms with E-state index in [1.54, 1.807) is 6.07 Å². The first-order valence-corrected chi connectivity index (χ1v) is 10.5. The summed E-state index contributed by atoms with van der Waals surface area (Å²) in [7, 11) is 0. The second kappa shape index (κ2) is 9.85. The summed E-state index contributed by atoms with van der Waals surface area (Å²) in [5.41, 5.74) is 2.75. The standard InChI is InChI=1S/C26H25N3O2/c30-25(17-9-16-24-27-23-15-8-7-14-22(23)26(31)28-24)29(18-20-10-3-1-4-11-20)19-21-12-5-2-6-13-21/h1-8,10-15H,9,16-19H2,(H,27,28,31). The number of aromatic nitrogens is 2. The van der Waals surface area contributed by atoms with Crippen molar-refractivity contribution in [2.75, 3.05) is 0 Å². The summed E-state index contributed by atoms with van der Waals surface area (Å²) in [6.45, 7) is 1.14. The Morgan fingerprint density at radius 1 is 0.806 bits per heavy atom. The third kappa shape index (κ3) is 5.45. The lowest BCUT2D eigenvalue weighted by Crippen LogP contribution is -2.30. The number of nitrogens with one attached hydrogen (secondary N) is 1. The largest absolute Gasteiger partial charge is 0.334 e. The van der Waals surface area contributed by atoms with Gasteiger partial charge in [0.2, 0.25) is 5.91 Å². The van der Waals surface area contributed by atoms with Crippen molar-refractivity contribution >= 4 is 16.8 Å². The molecule has 5 nitrogen and oxygen atoms in total. The van der Waals surface area contributed by atoms with Crippen molar-refractivity contribution in [3.63, 3.8) is 0 Å². The Hall–Kier alpha value is -3.73. The first-order chi connectivity index (χ1) is 15.2. The number of rotatable bonds is 8. The Bertz CT molecular complexity index is 1160. The molecular formula is C26H25N3O2. The van der Waals surface area contributed by atoms with Gasteiger partial charge in [0.15, 0.2) is 0 Å². The number of carbonyl (C=O) groups is 1. The van der Waals surface area contributed by atoms with Gasteiger partial charge in [0.1, 0.15) is 5.82 Å².